The molecule has 1 aliphatic heterocycles. The van der Waals surface area contributed by atoms with Gasteiger partial charge in [-0.2, -0.15) is 0 Å². The van der Waals surface area contributed by atoms with E-state index < -0.39 is 22.7 Å². The zero-order valence-corrected chi connectivity index (χ0v) is 23.9. The lowest BCUT2D eigenvalue weighted by Gasteiger charge is -2.38. The molecule has 5 nitrogen and oxygen atoms in total. The molecule has 0 unspecified atom stereocenters. The van der Waals surface area contributed by atoms with Crippen LogP contribution in [-0.2, 0) is 25.2 Å². The number of hydrogen-bond donors (Lipinski definition) is 0. The summed E-state index contributed by atoms with van der Waals surface area (Å²) >= 11 is 0. The minimum Gasteiger partial charge on any atom is -0.297 e. The number of carbonyl (C=O) groups is 3. The lowest BCUT2D eigenvalue weighted by Crippen LogP contribution is -2.45. The van der Waals surface area contributed by atoms with Crippen LogP contribution in [-0.4, -0.2) is 22.6 Å². The van der Waals surface area contributed by atoms with Gasteiger partial charge in [-0.25, -0.2) is 9.88 Å². The van der Waals surface area contributed by atoms with Gasteiger partial charge in [-0.1, -0.05) is 115 Å². The maximum atomic E-state index is 15.8. The van der Waals surface area contributed by atoms with Gasteiger partial charge in [-0.05, 0) is 62.4 Å². The number of rotatable bonds is 3. The Morgan fingerprint density at radius 3 is 1.43 bits per heavy atom. The summed E-state index contributed by atoms with van der Waals surface area (Å²) in [6.07, 6.45) is 1.60. The van der Waals surface area contributed by atoms with Gasteiger partial charge in [0.2, 0.25) is 11.8 Å². The van der Waals surface area contributed by atoms with Crippen LogP contribution < -0.4 is 4.90 Å². The first-order chi connectivity index (χ1) is 21.5. The molecule has 44 heavy (non-hydrogen) atoms. The molecule has 1 aromatic heterocycles. The number of nitrogens with zero attached hydrogens (tertiary/aromatic N) is 2. The van der Waals surface area contributed by atoms with Crippen molar-refractivity contribution >= 4 is 45.0 Å². The summed E-state index contributed by atoms with van der Waals surface area (Å²) in [5.74, 6) is -2.41. The van der Waals surface area contributed by atoms with Gasteiger partial charge in [0.15, 0.2) is 5.78 Å². The first kappa shape index (κ1) is 25.1. The smallest absolute Gasteiger partial charge is 0.240 e. The highest BCUT2D eigenvalue weighted by atomic mass is 16.2. The van der Waals surface area contributed by atoms with Crippen molar-refractivity contribution in [3.8, 4) is 0 Å². The fraction of sp³-hybridized carbons (Fsp3) is 0.128. The molecule has 5 aromatic carbocycles. The average molecular weight is 571 g/mol. The topological polar surface area (TPSA) is 67.3 Å². The molecular weight excluding hydrogens is 544 g/mol. The van der Waals surface area contributed by atoms with Crippen LogP contribution in [0.25, 0.3) is 21.5 Å². The molecule has 4 atom stereocenters. The van der Waals surface area contributed by atoms with Crippen molar-refractivity contribution in [2.45, 2.75) is 17.8 Å². The van der Waals surface area contributed by atoms with E-state index in [-0.39, 0.29) is 17.6 Å². The Morgan fingerprint density at radius 2 is 0.977 bits per heavy atom. The fourth-order valence-corrected chi connectivity index (χ4v) is 8.87. The Balaban J connectivity index is 1.52. The van der Waals surface area contributed by atoms with E-state index in [9.17, 15) is 9.59 Å². The summed E-state index contributed by atoms with van der Waals surface area (Å²) in [4.78, 5) is 51.5. The van der Waals surface area contributed by atoms with Crippen molar-refractivity contribution in [1.82, 2.24) is 4.98 Å². The van der Waals surface area contributed by atoms with Gasteiger partial charge >= 0.3 is 0 Å². The molecule has 2 bridgehead atoms. The molecule has 3 aliphatic rings. The van der Waals surface area contributed by atoms with E-state index in [1.807, 2.05) is 97.9 Å². The SMILES string of the molecule is Cc1cccnc1N1C(=O)[C@@H]2[C@H](C1=O)[C@@]1(c3ccccc3)C(=O)[C@]2(c2ccccc2)c2c1c1ccccc1c1ccccc21. The zero-order chi connectivity index (χ0) is 29.8. The minimum atomic E-state index is -1.38. The highest BCUT2D eigenvalue weighted by Crippen LogP contribution is 2.72. The Kier molecular flexibility index (Phi) is 4.89. The monoisotopic (exact) mass is 570 g/mol. The lowest BCUT2D eigenvalue weighted by molar-refractivity contribution is -0.130. The van der Waals surface area contributed by atoms with Crippen molar-refractivity contribution < 1.29 is 14.4 Å². The van der Waals surface area contributed by atoms with Gasteiger partial charge < -0.3 is 0 Å². The fourth-order valence-electron chi connectivity index (χ4n) is 8.87. The van der Waals surface area contributed by atoms with E-state index in [4.69, 9.17) is 0 Å². The van der Waals surface area contributed by atoms with Crippen molar-refractivity contribution in [1.29, 1.82) is 0 Å². The number of imide groups is 1. The van der Waals surface area contributed by atoms with Crippen LogP contribution in [0.4, 0.5) is 5.82 Å². The van der Waals surface area contributed by atoms with Crippen molar-refractivity contribution in [3.05, 3.63) is 155 Å². The highest BCUT2D eigenvalue weighted by Gasteiger charge is 2.82. The van der Waals surface area contributed by atoms with Crippen LogP contribution in [0.15, 0.2) is 128 Å². The third-order valence-corrected chi connectivity index (χ3v) is 10.3. The largest absolute Gasteiger partial charge is 0.297 e. The van der Waals surface area contributed by atoms with E-state index in [1.54, 1.807) is 12.3 Å². The van der Waals surface area contributed by atoms with Crippen LogP contribution in [0.3, 0.4) is 0 Å². The van der Waals surface area contributed by atoms with Crippen LogP contribution in [0, 0.1) is 18.8 Å². The summed E-state index contributed by atoms with van der Waals surface area (Å²) in [5.41, 5.74) is 1.11. The second kappa shape index (κ2) is 8.57. The average Bonchev–Trinajstić information content (AvgIpc) is 3.58. The number of aromatic nitrogens is 1. The molecule has 1 saturated heterocycles. The molecule has 9 rings (SSSR count). The molecule has 6 aromatic rings. The normalized spacial score (nSPS) is 25.2. The molecule has 210 valence electrons. The third kappa shape index (κ3) is 2.67. The second-order valence-electron chi connectivity index (χ2n) is 12.1. The summed E-state index contributed by atoms with van der Waals surface area (Å²) < 4.78 is 0. The maximum absolute atomic E-state index is 15.8. The molecule has 0 N–H and O–H groups in total. The maximum Gasteiger partial charge on any atom is 0.240 e. The molecular formula is C39H26N2O3. The first-order valence-corrected chi connectivity index (χ1v) is 14.9. The van der Waals surface area contributed by atoms with Crippen molar-refractivity contribution in [2.75, 3.05) is 4.90 Å². The Bertz CT molecular complexity index is 2090. The number of ketones is 1. The summed E-state index contributed by atoms with van der Waals surface area (Å²) in [5, 5.41) is 3.91. The minimum absolute atomic E-state index is 0.104. The van der Waals surface area contributed by atoms with Gasteiger partial charge in [-0.3, -0.25) is 14.4 Å². The molecule has 1 saturated carbocycles. The second-order valence-corrected chi connectivity index (χ2v) is 12.1. The summed E-state index contributed by atoms with van der Waals surface area (Å²) in [6.45, 7) is 1.85. The number of hydrogen-bond acceptors (Lipinski definition) is 4. The number of aryl methyl sites for hydroxylation is 1. The number of benzene rings is 5. The molecule has 2 aliphatic carbocycles. The van der Waals surface area contributed by atoms with Crippen LogP contribution >= 0.6 is 0 Å². The molecule has 2 amide bonds. The number of pyridine rings is 1. The number of Topliss-reactive ketones (excluding diaryl/α,β-unsaturated/α-hetero) is 1. The standard InChI is InChI=1S/C39H26N2O3/c1-23-13-12-22-40-34(23)41-35(42)32-33(36(41)43)39(25-16-6-3-7-17-25)31-29-21-11-9-19-27(29)26-18-8-10-20-28(26)30(31)38(32,37(39)44)24-14-4-2-5-15-24/h2-22,32-33H,1H3/t32-,33+,38+,39-. The third-order valence-electron chi connectivity index (χ3n) is 10.3. The van der Waals surface area contributed by atoms with Crippen molar-refractivity contribution in [2.24, 2.45) is 11.8 Å². The first-order valence-electron chi connectivity index (χ1n) is 14.9. The number of anilines is 1. The molecule has 2 heterocycles. The lowest BCUT2D eigenvalue weighted by atomic mass is 9.59. The number of fused-ring (bicyclic) bond motifs is 13. The van der Waals surface area contributed by atoms with Gasteiger partial charge in [0.1, 0.15) is 5.82 Å². The van der Waals surface area contributed by atoms with Crippen LogP contribution in [0.2, 0.25) is 0 Å². The summed E-state index contributed by atoms with van der Waals surface area (Å²) in [6, 6.07) is 39.2. The molecule has 0 radical (unpaired) electrons. The highest BCUT2D eigenvalue weighted by molar-refractivity contribution is 6.34. The quantitative estimate of drug-likeness (QED) is 0.176. The van der Waals surface area contributed by atoms with E-state index in [1.165, 1.54) is 4.90 Å². The predicted octanol–water partition coefficient (Wildman–Crippen LogP) is 6.67. The Morgan fingerprint density at radius 1 is 0.545 bits per heavy atom. The van der Waals surface area contributed by atoms with E-state index >= 15 is 4.79 Å². The van der Waals surface area contributed by atoms with Gasteiger partial charge in [0, 0.05) is 6.20 Å². The van der Waals surface area contributed by atoms with Crippen molar-refractivity contribution in [3.63, 3.8) is 0 Å². The Labute approximate surface area is 253 Å². The molecule has 2 fully saturated rings. The van der Waals surface area contributed by atoms with Gasteiger partial charge in [0.05, 0.1) is 22.7 Å². The molecule has 0 spiro atoms. The van der Waals surface area contributed by atoms with Gasteiger partial charge in [0.25, 0.3) is 0 Å². The Hall–Kier alpha value is -5.42. The van der Waals surface area contributed by atoms with E-state index in [0.717, 1.165) is 49.4 Å². The van der Waals surface area contributed by atoms with Crippen LogP contribution in [0.1, 0.15) is 27.8 Å². The molecule has 5 heteroatoms. The van der Waals surface area contributed by atoms with Gasteiger partial charge in [-0.15, -0.1) is 0 Å². The summed E-state index contributed by atoms with van der Waals surface area (Å²) in [7, 11) is 0. The van der Waals surface area contributed by atoms with E-state index in [0.29, 0.717) is 5.82 Å². The van der Waals surface area contributed by atoms with E-state index in [2.05, 4.69) is 29.2 Å². The zero-order valence-electron chi connectivity index (χ0n) is 23.9. The number of carbonyl (C=O) groups excluding carboxylic acids is 3. The number of amides is 2. The van der Waals surface area contributed by atoms with Crippen LogP contribution in [0.5, 0.6) is 0 Å². The predicted molar refractivity (Wildman–Crippen MR) is 169 cm³/mol.